The minimum Gasteiger partial charge on any atom is -0.493 e. The molecule has 8 heteroatoms. The molecule has 0 unspecified atom stereocenters. The minimum absolute atomic E-state index is 0.273. The number of nitrogens with one attached hydrogen (secondary N) is 1. The van der Waals surface area contributed by atoms with Crippen molar-refractivity contribution >= 4 is 11.2 Å². The number of H-pyrrole nitrogens is 1. The van der Waals surface area contributed by atoms with Gasteiger partial charge in [0.05, 0.1) is 32.7 Å². The summed E-state index contributed by atoms with van der Waals surface area (Å²) in [6.45, 7) is 3.89. The average Bonchev–Trinajstić information content (AvgIpc) is 3.44. The fourth-order valence-corrected chi connectivity index (χ4v) is 4.02. The Morgan fingerprint density at radius 2 is 2.03 bits per heavy atom. The third-order valence-corrected chi connectivity index (χ3v) is 5.58. The minimum atomic E-state index is 0.273. The number of hydrogen-bond acceptors (Lipinski definition) is 6. The number of imidazole rings is 1. The Morgan fingerprint density at radius 1 is 1.19 bits per heavy atom. The van der Waals surface area contributed by atoms with Crippen molar-refractivity contribution in [2.24, 2.45) is 4.99 Å². The van der Waals surface area contributed by atoms with Crippen LogP contribution in [0.15, 0.2) is 29.5 Å². The highest BCUT2D eigenvalue weighted by Crippen LogP contribution is 2.32. The van der Waals surface area contributed by atoms with Crippen LogP contribution in [0.25, 0.3) is 11.2 Å². The predicted octanol–water partition coefficient (Wildman–Crippen LogP) is 3.25. The molecule has 1 fully saturated rings. The maximum absolute atomic E-state index is 6.26. The Balaban J connectivity index is 1.66. The van der Waals surface area contributed by atoms with Crippen molar-refractivity contribution in [2.75, 3.05) is 27.4 Å². The molecule has 1 aliphatic carbocycles. The van der Waals surface area contributed by atoms with Gasteiger partial charge in [-0.05, 0) is 50.3 Å². The second-order valence-electron chi connectivity index (χ2n) is 7.80. The molecule has 4 rings (SSSR count). The fourth-order valence-electron chi connectivity index (χ4n) is 4.02. The van der Waals surface area contributed by atoms with Crippen molar-refractivity contribution in [3.63, 3.8) is 0 Å². The molecule has 1 aliphatic rings. The van der Waals surface area contributed by atoms with E-state index in [0.717, 1.165) is 46.9 Å². The fraction of sp³-hybridized carbons (Fsp3) is 0.522. The molecule has 3 aromatic rings. The molecule has 0 radical (unpaired) electrons. The van der Waals surface area contributed by atoms with E-state index in [9.17, 15) is 0 Å². The number of nitrogens with zero attached hydrogens (tertiary/aromatic N) is 4. The zero-order valence-electron chi connectivity index (χ0n) is 18.6. The van der Waals surface area contributed by atoms with Gasteiger partial charge in [-0.15, -0.1) is 0 Å². The molecule has 2 aromatic heterocycles. The van der Waals surface area contributed by atoms with E-state index in [-0.39, 0.29) is 6.10 Å². The SMILES string of the molecule is CCN=c1ncn(Cc2ccc(OC)c(OC3CCCC3)c2)c2nc(CCOC)[nH]c12. The van der Waals surface area contributed by atoms with Crippen LogP contribution in [0.1, 0.15) is 44.0 Å². The van der Waals surface area contributed by atoms with Gasteiger partial charge in [0.1, 0.15) is 11.3 Å². The van der Waals surface area contributed by atoms with Crippen LogP contribution >= 0.6 is 0 Å². The summed E-state index contributed by atoms with van der Waals surface area (Å²) in [4.78, 5) is 17.2. The molecule has 8 nitrogen and oxygen atoms in total. The largest absolute Gasteiger partial charge is 0.493 e. The zero-order chi connectivity index (χ0) is 21.6. The topological polar surface area (TPSA) is 86.6 Å². The lowest BCUT2D eigenvalue weighted by Gasteiger charge is -2.17. The summed E-state index contributed by atoms with van der Waals surface area (Å²) in [5, 5.41) is 0. The highest BCUT2D eigenvalue weighted by Gasteiger charge is 2.19. The van der Waals surface area contributed by atoms with Crippen LogP contribution in [0.2, 0.25) is 0 Å². The molecule has 0 saturated heterocycles. The Labute approximate surface area is 182 Å². The van der Waals surface area contributed by atoms with Crippen LogP contribution in [-0.2, 0) is 17.7 Å². The molecule has 0 atom stereocenters. The van der Waals surface area contributed by atoms with Gasteiger partial charge in [0.15, 0.2) is 22.6 Å². The highest BCUT2D eigenvalue weighted by atomic mass is 16.5. The van der Waals surface area contributed by atoms with E-state index < -0.39 is 0 Å². The van der Waals surface area contributed by atoms with Crippen LogP contribution < -0.4 is 15.0 Å². The molecule has 0 aliphatic heterocycles. The molecule has 2 heterocycles. The van der Waals surface area contributed by atoms with Crippen molar-refractivity contribution in [3.8, 4) is 11.5 Å². The van der Waals surface area contributed by atoms with Crippen LogP contribution in [0.4, 0.5) is 0 Å². The molecule has 31 heavy (non-hydrogen) atoms. The number of aromatic amines is 1. The normalized spacial score (nSPS) is 15.1. The Hall–Kier alpha value is -2.87. The number of rotatable bonds is 9. The molecule has 1 N–H and O–H groups in total. The van der Waals surface area contributed by atoms with Gasteiger partial charge < -0.3 is 23.8 Å². The van der Waals surface area contributed by atoms with Gasteiger partial charge in [0, 0.05) is 20.1 Å². The summed E-state index contributed by atoms with van der Waals surface area (Å²) in [5.74, 6) is 2.44. The number of benzene rings is 1. The molecule has 0 amide bonds. The zero-order valence-corrected chi connectivity index (χ0v) is 18.6. The third-order valence-electron chi connectivity index (χ3n) is 5.58. The summed E-state index contributed by atoms with van der Waals surface area (Å²) in [6.07, 6.45) is 7.45. The van der Waals surface area contributed by atoms with Crippen molar-refractivity contribution < 1.29 is 14.2 Å². The van der Waals surface area contributed by atoms with E-state index in [1.807, 2.05) is 17.6 Å². The standard InChI is InChI=1S/C23H31N5O3/c1-4-24-22-21-23(27-20(26-21)11-12-29-2)28(15-25-22)14-16-9-10-18(30-3)19(13-16)31-17-7-5-6-8-17/h9-10,13,15,17H,4-8,11-12,14H2,1-3H3,(H,26,27). The number of ether oxygens (including phenoxy) is 3. The number of aromatic nitrogens is 4. The predicted molar refractivity (Wildman–Crippen MR) is 119 cm³/mol. The molecule has 1 saturated carbocycles. The molecular formula is C23H31N5O3. The van der Waals surface area contributed by atoms with E-state index in [2.05, 4.69) is 27.1 Å². The van der Waals surface area contributed by atoms with E-state index >= 15 is 0 Å². The second-order valence-corrected chi connectivity index (χ2v) is 7.80. The lowest BCUT2D eigenvalue weighted by atomic mass is 10.2. The average molecular weight is 426 g/mol. The summed E-state index contributed by atoms with van der Waals surface area (Å²) in [7, 11) is 3.37. The maximum atomic E-state index is 6.26. The lowest BCUT2D eigenvalue weighted by Crippen LogP contribution is -2.15. The van der Waals surface area contributed by atoms with Gasteiger partial charge in [-0.2, -0.15) is 0 Å². The van der Waals surface area contributed by atoms with Crippen LogP contribution in [0, 0.1) is 0 Å². The Kier molecular flexibility index (Phi) is 6.86. The summed E-state index contributed by atoms with van der Waals surface area (Å²) in [6, 6.07) is 6.10. The van der Waals surface area contributed by atoms with Gasteiger partial charge in [-0.1, -0.05) is 6.07 Å². The van der Waals surface area contributed by atoms with Gasteiger partial charge in [0.25, 0.3) is 0 Å². The highest BCUT2D eigenvalue weighted by molar-refractivity contribution is 5.69. The Bertz CT molecular complexity index is 1080. The summed E-state index contributed by atoms with van der Waals surface area (Å²) < 4.78 is 19.0. The van der Waals surface area contributed by atoms with E-state index in [1.165, 1.54) is 12.8 Å². The first-order valence-electron chi connectivity index (χ1n) is 11.0. The molecule has 0 bridgehead atoms. The Morgan fingerprint density at radius 3 is 2.77 bits per heavy atom. The first-order valence-corrected chi connectivity index (χ1v) is 11.0. The lowest BCUT2D eigenvalue weighted by molar-refractivity contribution is 0.200. The van der Waals surface area contributed by atoms with E-state index in [0.29, 0.717) is 31.6 Å². The van der Waals surface area contributed by atoms with Crippen LogP contribution in [0.5, 0.6) is 11.5 Å². The van der Waals surface area contributed by atoms with Crippen molar-refractivity contribution in [2.45, 2.75) is 51.7 Å². The summed E-state index contributed by atoms with van der Waals surface area (Å²) in [5.41, 5.74) is 3.47. The first kappa shape index (κ1) is 21.4. The van der Waals surface area contributed by atoms with Crippen molar-refractivity contribution in [1.82, 2.24) is 19.5 Å². The van der Waals surface area contributed by atoms with E-state index in [1.54, 1.807) is 20.5 Å². The van der Waals surface area contributed by atoms with Crippen LogP contribution in [0.3, 0.4) is 0 Å². The molecule has 166 valence electrons. The van der Waals surface area contributed by atoms with Crippen molar-refractivity contribution in [1.29, 1.82) is 0 Å². The third kappa shape index (κ3) is 4.90. The number of fused-ring (bicyclic) bond motifs is 1. The second kappa shape index (κ2) is 9.96. The first-order chi connectivity index (χ1) is 15.2. The van der Waals surface area contributed by atoms with Gasteiger partial charge in [-0.3, -0.25) is 4.99 Å². The monoisotopic (exact) mass is 425 g/mol. The molecule has 0 spiro atoms. The van der Waals surface area contributed by atoms with Gasteiger partial charge in [-0.25, -0.2) is 9.97 Å². The van der Waals surface area contributed by atoms with Gasteiger partial charge in [0.2, 0.25) is 0 Å². The van der Waals surface area contributed by atoms with E-state index in [4.69, 9.17) is 19.2 Å². The quantitative estimate of drug-likeness (QED) is 0.569. The molecule has 1 aromatic carbocycles. The maximum Gasteiger partial charge on any atom is 0.176 e. The van der Waals surface area contributed by atoms with Crippen molar-refractivity contribution in [3.05, 3.63) is 41.4 Å². The molecular weight excluding hydrogens is 394 g/mol. The number of methoxy groups -OCH3 is 2. The number of hydrogen-bond donors (Lipinski definition) is 1. The van der Waals surface area contributed by atoms with Gasteiger partial charge >= 0.3 is 0 Å². The summed E-state index contributed by atoms with van der Waals surface area (Å²) >= 11 is 0. The smallest absolute Gasteiger partial charge is 0.176 e. The van der Waals surface area contributed by atoms with Crippen LogP contribution in [-0.4, -0.2) is 53.0 Å².